The molecule has 218 valence electrons. The van der Waals surface area contributed by atoms with Crippen molar-refractivity contribution >= 4 is 69.8 Å². The molecule has 2 saturated heterocycles. The predicted molar refractivity (Wildman–Crippen MR) is 159 cm³/mol. The molecule has 4 aliphatic rings. The molecule has 43 heavy (non-hydrogen) atoms. The van der Waals surface area contributed by atoms with Crippen molar-refractivity contribution in [2.75, 3.05) is 9.80 Å². The van der Waals surface area contributed by atoms with Crippen LogP contribution in [0, 0.1) is 23.6 Å². The van der Waals surface area contributed by atoms with E-state index < -0.39 is 57.0 Å². The molecule has 3 aromatic carbocycles. The van der Waals surface area contributed by atoms with Gasteiger partial charge in [-0.05, 0) is 73.4 Å². The molecule has 0 bridgehead atoms. The van der Waals surface area contributed by atoms with E-state index in [1.54, 1.807) is 36.4 Å². The molecule has 6 atom stereocenters. The first-order valence-electron chi connectivity index (χ1n) is 13.6. The van der Waals surface area contributed by atoms with E-state index in [1.807, 2.05) is 0 Å². The summed E-state index contributed by atoms with van der Waals surface area (Å²) in [6, 6.07) is 17.6. The van der Waals surface area contributed by atoms with Gasteiger partial charge < -0.3 is 5.11 Å². The predicted octanol–water partition coefficient (Wildman–Crippen LogP) is 5.95. The van der Waals surface area contributed by atoms with Gasteiger partial charge in [0.1, 0.15) is 11.6 Å². The molecule has 0 radical (unpaired) electrons. The minimum Gasteiger partial charge on any atom is -0.508 e. The molecule has 3 aromatic rings. The van der Waals surface area contributed by atoms with Gasteiger partial charge in [-0.3, -0.25) is 24.1 Å². The summed E-state index contributed by atoms with van der Waals surface area (Å²) in [6.45, 7) is 0. The van der Waals surface area contributed by atoms with Crippen LogP contribution in [0.2, 0.25) is 5.02 Å². The van der Waals surface area contributed by atoms with Crippen LogP contribution in [0.25, 0.3) is 0 Å². The Bertz CT molecular complexity index is 1770. The van der Waals surface area contributed by atoms with Gasteiger partial charge in [0.15, 0.2) is 9.75 Å². The average Bonchev–Trinajstić information content (AvgIpc) is 3.33. The van der Waals surface area contributed by atoms with Gasteiger partial charge in [0.25, 0.3) is 11.8 Å². The Morgan fingerprint density at radius 2 is 1.49 bits per heavy atom. The number of nitrogens with zero attached hydrogens (tertiary/aromatic N) is 2. The smallest absolute Gasteiger partial charge is 0.258 e. The maximum absolute atomic E-state index is 14.3. The summed E-state index contributed by atoms with van der Waals surface area (Å²) < 4.78 is 13.8. The largest absolute Gasteiger partial charge is 0.508 e. The van der Waals surface area contributed by atoms with Crippen LogP contribution in [0.1, 0.15) is 24.3 Å². The third-order valence-corrected chi connectivity index (χ3v) is 10.9. The Morgan fingerprint density at radius 1 is 0.814 bits per heavy atom. The van der Waals surface area contributed by atoms with Crippen LogP contribution in [0.5, 0.6) is 5.75 Å². The second kappa shape index (κ2) is 9.64. The van der Waals surface area contributed by atoms with Gasteiger partial charge in [0, 0.05) is 16.5 Å². The minimum atomic E-state index is -2.16. The lowest BCUT2D eigenvalue weighted by atomic mass is 9.56. The number of aromatic hydroxyl groups is 1. The molecular weight excluding hydrogens is 618 g/mol. The van der Waals surface area contributed by atoms with Crippen LogP contribution in [-0.2, 0) is 19.2 Å². The van der Waals surface area contributed by atoms with Gasteiger partial charge in [0.2, 0.25) is 11.8 Å². The van der Waals surface area contributed by atoms with E-state index in [0.29, 0.717) is 11.3 Å². The highest BCUT2D eigenvalue weighted by atomic mass is 35.5. The molecule has 4 amide bonds. The summed E-state index contributed by atoms with van der Waals surface area (Å²) >= 11 is 20.9. The van der Waals surface area contributed by atoms with Gasteiger partial charge in [-0.1, -0.05) is 41.4 Å². The lowest BCUT2D eigenvalue weighted by molar-refractivity contribution is -0.125. The van der Waals surface area contributed by atoms with Crippen molar-refractivity contribution in [1.82, 2.24) is 0 Å². The first-order valence-corrected chi connectivity index (χ1v) is 14.8. The first kappa shape index (κ1) is 28.1. The lowest BCUT2D eigenvalue weighted by Crippen LogP contribution is -2.60. The number of hydrogen-bond donors (Lipinski definition) is 1. The number of benzene rings is 3. The number of rotatable bonds is 3. The topological polar surface area (TPSA) is 95.0 Å². The number of hydrogen-bond acceptors (Lipinski definition) is 5. The molecule has 7 rings (SSSR count). The molecule has 11 heteroatoms. The van der Waals surface area contributed by atoms with Crippen molar-refractivity contribution in [1.29, 1.82) is 0 Å². The van der Waals surface area contributed by atoms with Gasteiger partial charge in [-0.2, -0.15) is 0 Å². The highest BCUT2D eigenvalue weighted by Crippen LogP contribution is 2.66. The third kappa shape index (κ3) is 3.73. The van der Waals surface area contributed by atoms with Crippen LogP contribution in [0.15, 0.2) is 84.4 Å². The maximum Gasteiger partial charge on any atom is 0.258 e. The molecule has 2 aliphatic carbocycles. The van der Waals surface area contributed by atoms with Gasteiger partial charge in [-0.25, -0.2) is 9.29 Å². The van der Waals surface area contributed by atoms with E-state index in [4.69, 9.17) is 34.8 Å². The third-order valence-electron chi connectivity index (χ3n) is 9.21. The molecule has 1 saturated carbocycles. The summed E-state index contributed by atoms with van der Waals surface area (Å²) in [4.78, 5) is 53.9. The van der Waals surface area contributed by atoms with Crippen molar-refractivity contribution in [3.05, 3.63) is 101 Å². The number of alkyl halides is 2. The number of allylic oxidation sites excluding steroid dienone is 2. The Hall–Kier alpha value is -3.72. The number of phenols is 1. The van der Waals surface area contributed by atoms with Gasteiger partial charge >= 0.3 is 0 Å². The van der Waals surface area contributed by atoms with Gasteiger partial charge in [0.05, 0.1) is 23.2 Å². The monoisotopic (exact) mass is 638 g/mol. The number of carbonyl (C=O) groups excluding carboxylic acids is 4. The van der Waals surface area contributed by atoms with E-state index in [2.05, 4.69) is 0 Å². The number of halogens is 4. The Balaban J connectivity index is 1.42. The molecule has 0 spiro atoms. The fourth-order valence-electron chi connectivity index (χ4n) is 7.33. The quantitative estimate of drug-likeness (QED) is 0.217. The van der Waals surface area contributed by atoms with E-state index in [9.17, 15) is 28.7 Å². The van der Waals surface area contributed by atoms with Crippen LogP contribution in [0.4, 0.5) is 15.8 Å². The highest BCUT2D eigenvalue weighted by molar-refractivity contribution is 6.58. The van der Waals surface area contributed by atoms with Crippen molar-refractivity contribution < 1.29 is 28.7 Å². The van der Waals surface area contributed by atoms with Crippen LogP contribution >= 0.6 is 34.8 Å². The number of fused-ring (bicyclic) bond motifs is 4. The number of phenolic OH excluding ortho intramolecular Hbond substituents is 1. The average molecular weight is 640 g/mol. The molecule has 0 aromatic heterocycles. The van der Waals surface area contributed by atoms with Crippen LogP contribution in [-0.4, -0.2) is 38.5 Å². The van der Waals surface area contributed by atoms with E-state index in [1.165, 1.54) is 30.3 Å². The highest BCUT2D eigenvalue weighted by Gasteiger charge is 2.77. The number of para-hydroxylation sites is 1. The molecule has 1 N–H and O–H groups in total. The van der Waals surface area contributed by atoms with Gasteiger partial charge in [-0.15, -0.1) is 23.2 Å². The minimum absolute atomic E-state index is 0.0668. The first-order chi connectivity index (χ1) is 20.5. The summed E-state index contributed by atoms with van der Waals surface area (Å²) in [5, 5.41) is 11.3. The zero-order valence-corrected chi connectivity index (χ0v) is 24.5. The number of imide groups is 2. The molecule has 3 fully saturated rings. The summed E-state index contributed by atoms with van der Waals surface area (Å²) in [7, 11) is 0. The number of amides is 4. The molecule has 0 unspecified atom stereocenters. The van der Waals surface area contributed by atoms with Crippen LogP contribution in [0.3, 0.4) is 0 Å². The summed E-state index contributed by atoms with van der Waals surface area (Å²) in [5.41, 5.74) is 1.16. The zero-order chi connectivity index (χ0) is 30.4. The fourth-order valence-corrected chi connectivity index (χ4v) is 8.44. The van der Waals surface area contributed by atoms with E-state index in [-0.39, 0.29) is 40.8 Å². The molecule has 2 aliphatic heterocycles. The normalized spacial score (nSPS) is 31.6. The Labute approximate surface area is 260 Å². The summed E-state index contributed by atoms with van der Waals surface area (Å²) in [6.07, 6.45) is 1.72. The standard InChI is InChI=1S/C32H22Cl3FN2O5/c33-16-6-13-24(39)22(14-16)26-20-11-12-21-25(28(41)37(27(21)40)18-4-2-1-3-5-18)23(20)15-31(34)29(42)38(30(43)32(26,31)35)19-9-7-17(36)8-10-19/h1-11,13-14,21,23,25-26,39H,12,15H2/t21-,23+,25-,26+,31+,32-/m0/s1. The summed E-state index contributed by atoms with van der Waals surface area (Å²) in [5.74, 6) is -6.91. The number of carbonyl (C=O) groups is 4. The fraction of sp³-hybridized carbons (Fsp3) is 0.250. The number of anilines is 2. The lowest BCUT2D eigenvalue weighted by Gasteiger charge is -2.50. The molecule has 7 nitrogen and oxygen atoms in total. The SMILES string of the molecule is O=C1[C@H]2[C@H](CC=C3[C@H]2C[C@@]2(Cl)C(=O)N(c4ccc(F)cc4)C(=O)[C@@]2(Cl)[C@H]3c2cc(Cl)ccc2O)C(=O)N1c1ccccc1. The Kier molecular flexibility index (Phi) is 6.30. The molecule has 2 heterocycles. The van der Waals surface area contributed by atoms with Crippen molar-refractivity contribution in [3.8, 4) is 5.75 Å². The molecular formula is C32H22Cl3FN2O5. The Morgan fingerprint density at radius 3 is 2.19 bits per heavy atom. The van der Waals surface area contributed by atoms with E-state index in [0.717, 1.165) is 21.9 Å². The van der Waals surface area contributed by atoms with E-state index >= 15 is 0 Å². The maximum atomic E-state index is 14.3. The van der Waals surface area contributed by atoms with Crippen molar-refractivity contribution in [3.63, 3.8) is 0 Å². The second-order valence-corrected chi connectivity index (χ2v) is 13.0. The van der Waals surface area contributed by atoms with Crippen molar-refractivity contribution in [2.24, 2.45) is 17.8 Å². The zero-order valence-electron chi connectivity index (χ0n) is 22.2. The van der Waals surface area contributed by atoms with Crippen LogP contribution < -0.4 is 9.80 Å². The van der Waals surface area contributed by atoms with Crippen molar-refractivity contribution in [2.45, 2.75) is 28.5 Å². The second-order valence-electron chi connectivity index (χ2n) is 11.3.